The van der Waals surface area contributed by atoms with Gasteiger partial charge in [0.2, 0.25) is 0 Å². The molecule has 0 saturated carbocycles. The lowest BCUT2D eigenvalue weighted by atomic mass is 10.2. The summed E-state index contributed by atoms with van der Waals surface area (Å²) >= 11 is 1.93. The van der Waals surface area contributed by atoms with Crippen molar-refractivity contribution in [2.75, 3.05) is 18.6 Å². The van der Waals surface area contributed by atoms with Crippen molar-refractivity contribution in [3.63, 3.8) is 0 Å². The van der Waals surface area contributed by atoms with Gasteiger partial charge in [0, 0.05) is 24.9 Å². The summed E-state index contributed by atoms with van der Waals surface area (Å²) in [4.78, 5) is 4.16. The Balaban J connectivity index is 2.21. The van der Waals surface area contributed by atoms with Crippen LogP contribution in [0.2, 0.25) is 0 Å². The fourth-order valence-electron chi connectivity index (χ4n) is 1.61. The van der Waals surface area contributed by atoms with E-state index in [2.05, 4.69) is 15.8 Å². The van der Waals surface area contributed by atoms with Crippen molar-refractivity contribution in [3.8, 4) is 0 Å². The monoisotopic (exact) mass is 227 g/mol. The van der Waals surface area contributed by atoms with Crippen LogP contribution in [-0.2, 0) is 13.0 Å². The van der Waals surface area contributed by atoms with E-state index in [1.165, 1.54) is 30.7 Å². The van der Waals surface area contributed by atoms with Gasteiger partial charge < -0.3 is 10.3 Å². The minimum atomic E-state index is 0.707. The summed E-state index contributed by atoms with van der Waals surface area (Å²) in [5.41, 5.74) is 6.81. The average Bonchev–Trinajstić information content (AvgIpc) is 2.66. The van der Waals surface area contributed by atoms with Crippen molar-refractivity contribution in [2.24, 2.45) is 5.73 Å². The van der Waals surface area contributed by atoms with Gasteiger partial charge in [-0.05, 0) is 31.4 Å². The second-order valence-electron chi connectivity index (χ2n) is 3.67. The lowest BCUT2D eigenvalue weighted by Crippen LogP contribution is -2.08. The molecule has 0 amide bonds. The summed E-state index contributed by atoms with van der Waals surface area (Å²) in [7, 11) is 0. The molecular weight excluding hydrogens is 206 g/mol. The van der Waals surface area contributed by atoms with Gasteiger partial charge in [0.1, 0.15) is 0 Å². The first-order chi connectivity index (χ1) is 7.38. The molecule has 0 unspecified atom stereocenters. The molecule has 0 saturated heterocycles. The third-order valence-corrected chi connectivity index (χ3v) is 3.14. The van der Waals surface area contributed by atoms with Crippen LogP contribution in [0, 0.1) is 0 Å². The summed E-state index contributed by atoms with van der Waals surface area (Å²) < 4.78 is 2.23. The van der Waals surface area contributed by atoms with Crippen LogP contribution in [0.25, 0.3) is 0 Å². The van der Waals surface area contributed by atoms with E-state index < -0.39 is 0 Å². The normalized spacial score (nSPS) is 10.8. The number of hydrogen-bond donors (Lipinski definition) is 1. The first kappa shape index (κ1) is 12.6. The Kier molecular flexibility index (Phi) is 6.52. The third-order valence-electron chi connectivity index (χ3n) is 2.45. The van der Waals surface area contributed by atoms with Crippen molar-refractivity contribution < 1.29 is 0 Å². The summed E-state index contributed by atoms with van der Waals surface area (Å²) in [6, 6.07) is 0. The van der Waals surface area contributed by atoms with E-state index in [-0.39, 0.29) is 0 Å². The molecule has 86 valence electrons. The lowest BCUT2D eigenvalue weighted by molar-refractivity contribution is 0.585. The summed E-state index contributed by atoms with van der Waals surface area (Å²) in [6.07, 6.45) is 10.8. The Morgan fingerprint density at radius 1 is 1.40 bits per heavy atom. The Bertz CT molecular complexity index is 260. The molecule has 4 heteroatoms. The van der Waals surface area contributed by atoms with Gasteiger partial charge in [-0.15, -0.1) is 0 Å². The predicted molar refractivity (Wildman–Crippen MR) is 67.2 cm³/mol. The number of thioether (sulfide) groups is 1. The van der Waals surface area contributed by atoms with E-state index in [0.29, 0.717) is 6.54 Å². The minimum Gasteiger partial charge on any atom is -0.335 e. The van der Waals surface area contributed by atoms with Crippen LogP contribution in [0.5, 0.6) is 0 Å². The van der Waals surface area contributed by atoms with Gasteiger partial charge >= 0.3 is 0 Å². The maximum atomic E-state index is 5.54. The molecule has 0 aliphatic carbocycles. The van der Waals surface area contributed by atoms with Gasteiger partial charge in [0.05, 0.1) is 6.33 Å². The van der Waals surface area contributed by atoms with E-state index in [0.717, 1.165) is 13.0 Å². The maximum absolute atomic E-state index is 5.54. The van der Waals surface area contributed by atoms with Crippen LogP contribution >= 0.6 is 11.8 Å². The molecule has 0 radical (unpaired) electrons. The Morgan fingerprint density at radius 2 is 2.27 bits per heavy atom. The molecule has 0 bridgehead atoms. The van der Waals surface area contributed by atoms with Gasteiger partial charge in [-0.25, -0.2) is 4.98 Å². The number of nitrogens with two attached hydrogens (primary N) is 1. The largest absolute Gasteiger partial charge is 0.335 e. The molecule has 0 fully saturated rings. The van der Waals surface area contributed by atoms with Crippen molar-refractivity contribution in [1.82, 2.24) is 9.55 Å². The highest BCUT2D eigenvalue weighted by Crippen LogP contribution is 2.06. The zero-order valence-electron chi connectivity index (χ0n) is 9.48. The summed E-state index contributed by atoms with van der Waals surface area (Å²) in [5.74, 6) is 1.28. The molecule has 3 nitrogen and oxygen atoms in total. The van der Waals surface area contributed by atoms with Gasteiger partial charge in [0.15, 0.2) is 0 Å². The van der Waals surface area contributed by atoms with Crippen LogP contribution in [-0.4, -0.2) is 28.1 Å². The standard InChI is InChI=1S/C11H21N3S/c1-15-8-4-2-3-7-14-10-13-9-11(14)5-6-12/h9-10H,2-8,12H2,1H3. The quantitative estimate of drug-likeness (QED) is 0.690. The predicted octanol–water partition coefficient (Wildman–Crippen LogP) is 1.92. The topological polar surface area (TPSA) is 43.8 Å². The SMILES string of the molecule is CSCCCCCn1cncc1CCN. The van der Waals surface area contributed by atoms with Crippen LogP contribution in [0.4, 0.5) is 0 Å². The van der Waals surface area contributed by atoms with Crippen LogP contribution in [0.15, 0.2) is 12.5 Å². The first-order valence-corrected chi connectivity index (χ1v) is 6.96. The third kappa shape index (κ3) is 4.71. The number of aromatic nitrogens is 2. The second kappa shape index (κ2) is 7.77. The average molecular weight is 227 g/mol. The highest BCUT2D eigenvalue weighted by molar-refractivity contribution is 7.98. The van der Waals surface area contributed by atoms with Crippen molar-refractivity contribution >= 4 is 11.8 Å². The number of imidazole rings is 1. The van der Waals surface area contributed by atoms with Gasteiger partial charge in [0.25, 0.3) is 0 Å². The van der Waals surface area contributed by atoms with Crippen LogP contribution in [0.1, 0.15) is 25.0 Å². The first-order valence-electron chi connectivity index (χ1n) is 5.56. The molecule has 1 heterocycles. The zero-order valence-corrected chi connectivity index (χ0v) is 10.3. The molecule has 0 aliphatic heterocycles. The van der Waals surface area contributed by atoms with Gasteiger partial charge in [-0.1, -0.05) is 6.42 Å². The Morgan fingerprint density at radius 3 is 3.00 bits per heavy atom. The molecule has 0 atom stereocenters. The van der Waals surface area contributed by atoms with Crippen LogP contribution < -0.4 is 5.73 Å². The molecule has 15 heavy (non-hydrogen) atoms. The minimum absolute atomic E-state index is 0.707. The molecule has 1 rings (SSSR count). The molecule has 1 aromatic rings. The summed E-state index contributed by atoms with van der Waals surface area (Å²) in [5, 5.41) is 0. The molecule has 0 spiro atoms. The number of rotatable bonds is 8. The number of aryl methyl sites for hydroxylation is 1. The molecular formula is C11H21N3S. The van der Waals surface area contributed by atoms with E-state index in [9.17, 15) is 0 Å². The second-order valence-corrected chi connectivity index (χ2v) is 4.66. The molecule has 2 N–H and O–H groups in total. The van der Waals surface area contributed by atoms with E-state index in [1.807, 2.05) is 24.3 Å². The fourth-order valence-corrected chi connectivity index (χ4v) is 2.10. The smallest absolute Gasteiger partial charge is 0.0948 e. The van der Waals surface area contributed by atoms with Crippen molar-refractivity contribution in [3.05, 3.63) is 18.2 Å². The zero-order chi connectivity index (χ0) is 10.9. The summed E-state index contributed by atoms with van der Waals surface area (Å²) in [6.45, 7) is 1.79. The fraction of sp³-hybridized carbons (Fsp3) is 0.727. The number of nitrogens with zero attached hydrogens (tertiary/aromatic N) is 2. The maximum Gasteiger partial charge on any atom is 0.0948 e. The van der Waals surface area contributed by atoms with E-state index >= 15 is 0 Å². The van der Waals surface area contributed by atoms with Gasteiger partial charge in [-0.2, -0.15) is 11.8 Å². The Hall–Kier alpha value is -0.480. The number of hydrogen-bond acceptors (Lipinski definition) is 3. The van der Waals surface area contributed by atoms with Crippen molar-refractivity contribution in [2.45, 2.75) is 32.2 Å². The molecule has 1 aromatic heterocycles. The highest BCUT2D eigenvalue weighted by atomic mass is 32.2. The van der Waals surface area contributed by atoms with Crippen LogP contribution in [0.3, 0.4) is 0 Å². The van der Waals surface area contributed by atoms with E-state index in [1.54, 1.807) is 0 Å². The van der Waals surface area contributed by atoms with Gasteiger partial charge in [-0.3, -0.25) is 0 Å². The lowest BCUT2D eigenvalue weighted by Gasteiger charge is -2.06. The molecule has 0 aliphatic rings. The van der Waals surface area contributed by atoms with E-state index in [4.69, 9.17) is 5.73 Å². The van der Waals surface area contributed by atoms with Crippen molar-refractivity contribution in [1.29, 1.82) is 0 Å². The Labute approximate surface area is 96.5 Å². The number of unbranched alkanes of at least 4 members (excludes halogenated alkanes) is 2. The molecule has 0 aromatic carbocycles. The highest BCUT2D eigenvalue weighted by Gasteiger charge is 2.00.